The fraction of sp³-hybridized carbons (Fsp3) is 0.125. The van der Waals surface area contributed by atoms with Crippen LogP contribution in [0.25, 0.3) is 23.1 Å². The van der Waals surface area contributed by atoms with Gasteiger partial charge in [-0.05, 0) is 65.9 Å². The van der Waals surface area contributed by atoms with Gasteiger partial charge in [-0.25, -0.2) is 9.38 Å². The number of nitrogens with zero attached hydrogens (tertiary/aromatic N) is 2. The van der Waals surface area contributed by atoms with Gasteiger partial charge in [-0.15, -0.1) is 0 Å². The molecule has 0 amide bonds. The van der Waals surface area contributed by atoms with E-state index in [9.17, 15) is 22.4 Å². The van der Waals surface area contributed by atoms with Crippen molar-refractivity contribution in [3.63, 3.8) is 0 Å². The molecule has 0 radical (unpaired) electrons. The Bertz CT molecular complexity index is 2030. The molecule has 204 valence electrons. The third-order valence-corrected chi connectivity index (χ3v) is 8.42. The molecule has 1 atom stereocenters. The van der Waals surface area contributed by atoms with Crippen LogP contribution in [-0.4, -0.2) is 4.57 Å². The summed E-state index contributed by atoms with van der Waals surface area (Å²) in [5.74, 6) is 0.222. The number of rotatable bonds is 3. The Kier molecular flexibility index (Phi) is 5.93. The van der Waals surface area contributed by atoms with Crippen LogP contribution in [0.2, 0.25) is 0 Å². The van der Waals surface area contributed by atoms with Gasteiger partial charge in [-0.1, -0.05) is 59.9 Å². The summed E-state index contributed by atoms with van der Waals surface area (Å²) in [5.41, 5.74) is 4.06. The predicted octanol–water partition coefficient (Wildman–Crippen LogP) is 6.74. The molecule has 0 bridgehead atoms. The molecule has 1 aliphatic carbocycles. The van der Waals surface area contributed by atoms with E-state index in [-0.39, 0.29) is 22.7 Å². The lowest BCUT2D eigenvalue weighted by Crippen LogP contribution is -2.38. The van der Waals surface area contributed by atoms with Gasteiger partial charge in [0.05, 0.1) is 21.8 Å². The van der Waals surface area contributed by atoms with E-state index in [1.165, 1.54) is 41.2 Å². The molecule has 9 heteroatoms. The minimum atomic E-state index is -4.47. The topological polar surface area (TPSA) is 47.5 Å². The van der Waals surface area contributed by atoms with E-state index in [2.05, 4.69) is 6.07 Å². The second-order valence-corrected chi connectivity index (χ2v) is 11.0. The van der Waals surface area contributed by atoms with Gasteiger partial charge in [0.25, 0.3) is 5.56 Å². The molecule has 2 aromatic heterocycles. The fourth-order valence-corrected chi connectivity index (χ4v) is 6.51. The summed E-state index contributed by atoms with van der Waals surface area (Å²) in [4.78, 5) is 19.3. The largest absolute Gasteiger partial charge is 0.457 e. The van der Waals surface area contributed by atoms with Crippen molar-refractivity contribution in [2.75, 3.05) is 0 Å². The van der Waals surface area contributed by atoms with E-state index in [0.717, 1.165) is 41.0 Å². The van der Waals surface area contributed by atoms with Gasteiger partial charge in [-0.2, -0.15) is 13.2 Å². The molecule has 4 nitrogen and oxygen atoms in total. The lowest BCUT2D eigenvalue weighted by Gasteiger charge is -2.30. The number of allylic oxidation sites excluding steroid dienone is 1. The number of aryl methyl sites for hydroxylation is 1. The Labute approximate surface area is 234 Å². The third-order valence-electron chi connectivity index (χ3n) is 7.43. The first kappa shape index (κ1) is 25.5. The average molecular weight is 573 g/mol. The summed E-state index contributed by atoms with van der Waals surface area (Å²) in [6.07, 6.45) is -1.38. The van der Waals surface area contributed by atoms with Crippen molar-refractivity contribution in [3.8, 4) is 11.3 Å². The van der Waals surface area contributed by atoms with Gasteiger partial charge in [0, 0.05) is 17.2 Å². The molecule has 7 rings (SSSR count). The number of hydrogen-bond acceptors (Lipinski definition) is 4. The standard InChI is InChI=1S/C32H20F4N2O2S/c33-22-11-8-19(9-12-22)29-25-14-10-18-4-1-2-7-24(18)28(25)37-31-38(29)30(39)27(41-31)17-23-13-15-26(40-23)20-5-3-6-21(16-20)32(34,35)36/h1-9,11-13,15-17,29H,10,14H2/b27-17+/t29-/m0/s1. The summed E-state index contributed by atoms with van der Waals surface area (Å²) in [7, 11) is 0. The van der Waals surface area contributed by atoms with Crippen molar-refractivity contribution >= 4 is 23.1 Å². The molecule has 2 aliphatic rings. The van der Waals surface area contributed by atoms with Crippen molar-refractivity contribution in [3.05, 3.63) is 144 Å². The Morgan fingerprint density at radius 1 is 0.951 bits per heavy atom. The molecule has 5 aromatic rings. The Morgan fingerprint density at radius 2 is 1.76 bits per heavy atom. The number of fused-ring (bicyclic) bond motifs is 3. The predicted molar refractivity (Wildman–Crippen MR) is 148 cm³/mol. The quantitative estimate of drug-likeness (QED) is 0.225. The minimum absolute atomic E-state index is 0.256. The second kappa shape index (κ2) is 9.55. The van der Waals surface area contributed by atoms with E-state index >= 15 is 0 Å². The maximum atomic E-state index is 13.8. The van der Waals surface area contributed by atoms with E-state index in [1.54, 1.807) is 34.9 Å². The highest BCUT2D eigenvalue weighted by atomic mass is 32.1. The second-order valence-electron chi connectivity index (χ2n) is 9.95. The normalized spacial score (nSPS) is 16.7. The lowest BCUT2D eigenvalue weighted by atomic mass is 9.83. The Hall–Kier alpha value is -4.50. The van der Waals surface area contributed by atoms with Crippen molar-refractivity contribution in [2.45, 2.75) is 25.1 Å². The highest BCUT2D eigenvalue weighted by Crippen LogP contribution is 2.41. The monoisotopic (exact) mass is 572 g/mol. The zero-order valence-electron chi connectivity index (χ0n) is 21.3. The highest BCUT2D eigenvalue weighted by molar-refractivity contribution is 7.07. The Morgan fingerprint density at radius 3 is 2.56 bits per heavy atom. The van der Waals surface area contributed by atoms with Crippen molar-refractivity contribution in [2.24, 2.45) is 4.99 Å². The molecule has 0 saturated carbocycles. The molecule has 3 aromatic carbocycles. The summed E-state index contributed by atoms with van der Waals surface area (Å²) < 4.78 is 61.3. The average Bonchev–Trinajstić information content (AvgIpc) is 3.56. The molecule has 1 aliphatic heterocycles. The maximum Gasteiger partial charge on any atom is 0.416 e. The lowest BCUT2D eigenvalue weighted by molar-refractivity contribution is -0.137. The summed E-state index contributed by atoms with van der Waals surface area (Å²) in [6.45, 7) is 0. The van der Waals surface area contributed by atoms with Crippen LogP contribution in [0.1, 0.15) is 40.5 Å². The van der Waals surface area contributed by atoms with Crippen LogP contribution >= 0.6 is 11.3 Å². The van der Waals surface area contributed by atoms with Crippen molar-refractivity contribution in [1.82, 2.24) is 4.57 Å². The molecule has 0 N–H and O–H groups in total. The SMILES string of the molecule is O=c1/c(=C\c2ccc(-c3cccc(C(F)(F)F)c3)o2)sc2n1[C@@H](c1ccc(F)cc1)C1=C(N=2)c2ccccc2CC1. The van der Waals surface area contributed by atoms with E-state index in [4.69, 9.17) is 9.41 Å². The number of benzene rings is 3. The van der Waals surface area contributed by atoms with Gasteiger partial charge in [-0.3, -0.25) is 9.36 Å². The van der Waals surface area contributed by atoms with Crippen molar-refractivity contribution < 1.29 is 22.0 Å². The first-order valence-corrected chi connectivity index (χ1v) is 13.7. The molecule has 0 saturated heterocycles. The number of halogens is 4. The summed E-state index contributed by atoms with van der Waals surface area (Å²) in [6, 6.07) is 21.9. The zero-order valence-corrected chi connectivity index (χ0v) is 22.1. The molecule has 0 spiro atoms. The molecular weight excluding hydrogens is 552 g/mol. The number of alkyl halides is 3. The van der Waals surface area contributed by atoms with Crippen LogP contribution in [0.5, 0.6) is 0 Å². The zero-order chi connectivity index (χ0) is 28.3. The van der Waals surface area contributed by atoms with Crippen LogP contribution in [-0.2, 0) is 12.6 Å². The highest BCUT2D eigenvalue weighted by Gasteiger charge is 2.33. The summed E-state index contributed by atoms with van der Waals surface area (Å²) >= 11 is 1.21. The Balaban J connectivity index is 1.36. The molecule has 3 heterocycles. The van der Waals surface area contributed by atoms with E-state index in [1.807, 2.05) is 18.2 Å². The van der Waals surface area contributed by atoms with Gasteiger partial charge >= 0.3 is 6.18 Å². The van der Waals surface area contributed by atoms with Gasteiger partial charge in [0.1, 0.15) is 17.3 Å². The summed E-state index contributed by atoms with van der Waals surface area (Å²) in [5, 5.41) is 0. The van der Waals surface area contributed by atoms with Gasteiger partial charge in [0.15, 0.2) is 4.80 Å². The smallest absolute Gasteiger partial charge is 0.416 e. The fourth-order valence-electron chi connectivity index (χ4n) is 5.53. The molecule has 0 unspecified atom stereocenters. The van der Waals surface area contributed by atoms with E-state index in [0.29, 0.717) is 21.5 Å². The van der Waals surface area contributed by atoms with Crippen LogP contribution in [0.3, 0.4) is 0 Å². The van der Waals surface area contributed by atoms with Crippen LogP contribution in [0.4, 0.5) is 17.6 Å². The minimum Gasteiger partial charge on any atom is -0.457 e. The van der Waals surface area contributed by atoms with Gasteiger partial charge < -0.3 is 4.42 Å². The first-order valence-electron chi connectivity index (χ1n) is 12.9. The molecule has 41 heavy (non-hydrogen) atoms. The van der Waals surface area contributed by atoms with E-state index < -0.39 is 17.8 Å². The first-order chi connectivity index (χ1) is 19.8. The molecular formula is C32H20F4N2O2S. The van der Waals surface area contributed by atoms with Gasteiger partial charge in [0.2, 0.25) is 0 Å². The number of furan rings is 1. The molecule has 0 fully saturated rings. The van der Waals surface area contributed by atoms with Crippen LogP contribution in [0.15, 0.2) is 105 Å². The van der Waals surface area contributed by atoms with Crippen molar-refractivity contribution in [1.29, 1.82) is 0 Å². The third kappa shape index (κ3) is 4.46. The van der Waals surface area contributed by atoms with Crippen LogP contribution < -0.4 is 14.9 Å². The number of hydrogen-bond donors (Lipinski definition) is 0. The number of aromatic nitrogens is 1. The number of thiazole rings is 1. The maximum absolute atomic E-state index is 13.8. The van der Waals surface area contributed by atoms with Crippen LogP contribution in [0, 0.1) is 5.82 Å².